The van der Waals surface area contributed by atoms with E-state index in [2.05, 4.69) is 45.7 Å². The average molecular weight is 244 g/mol. The van der Waals surface area contributed by atoms with Crippen molar-refractivity contribution in [2.45, 2.75) is 41.0 Å². The minimum atomic E-state index is 0.250. The molecule has 0 amide bonds. The summed E-state index contributed by atoms with van der Waals surface area (Å²) in [4.78, 5) is 4.26. The number of rotatable bonds is 2. The van der Waals surface area contributed by atoms with Gasteiger partial charge in [0.15, 0.2) is 5.76 Å². The van der Waals surface area contributed by atoms with Crippen molar-refractivity contribution in [3.05, 3.63) is 34.0 Å². The largest absolute Gasteiger partial charge is 0.423 e. The molecule has 0 aliphatic rings. The zero-order valence-corrected chi connectivity index (χ0v) is 11.7. The molecule has 2 rings (SSSR count). The molecule has 0 saturated carbocycles. The Kier molecular flexibility index (Phi) is 3.16. The van der Waals surface area contributed by atoms with Gasteiger partial charge in [-0.3, -0.25) is 0 Å². The third-order valence-corrected chi connectivity index (χ3v) is 3.64. The topological polar surface area (TPSA) is 52.0 Å². The van der Waals surface area contributed by atoms with Crippen LogP contribution in [-0.2, 0) is 6.42 Å². The van der Waals surface area contributed by atoms with Gasteiger partial charge in [0, 0.05) is 5.56 Å². The molecule has 3 nitrogen and oxygen atoms in total. The summed E-state index contributed by atoms with van der Waals surface area (Å²) in [5.41, 5.74) is 12.8. The van der Waals surface area contributed by atoms with E-state index in [4.69, 9.17) is 10.2 Å². The first kappa shape index (κ1) is 12.7. The Morgan fingerprint density at radius 2 is 1.67 bits per heavy atom. The molecule has 2 N–H and O–H groups in total. The maximum Gasteiger partial charge on any atom is 0.292 e. The van der Waals surface area contributed by atoms with Crippen LogP contribution in [0.1, 0.15) is 34.9 Å². The van der Waals surface area contributed by atoms with Crippen LogP contribution in [0.5, 0.6) is 0 Å². The summed E-state index contributed by atoms with van der Waals surface area (Å²) in [6.07, 6.45) is 0.821. The van der Waals surface area contributed by atoms with Gasteiger partial charge in [0.25, 0.3) is 6.01 Å². The molecule has 0 aliphatic carbocycles. The number of hydrogen-bond acceptors (Lipinski definition) is 3. The maximum atomic E-state index is 5.69. The fourth-order valence-corrected chi connectivity index (χ4v) is 2.36. The molecule has 96 valence electrons. The number of nitrogens with two attached hydrogens (primary N) is 1. The summed E-state index contributed by atoms with van der Waals surface area (Å²) >= 11 is 0. The monoisotopic (exact) mass is 244 g/mol. The molecule has 0 aliphatic heterocycles. The molecule has 0 spiro atoms. The Balaban J connectivity index is 2.77. The van der Waals surface area contributed by atoms with E-state index in [0.717, 1.165) is 23.4 Å². The molecule has 3 heteroatoms. The maximum absolute atomic E-state index is 5.69. The highest BCUT2D eigenvalue weighted by atomic mass is 16.4. The molecule has 2 aromatic rings. The first-order chi connectivity index (χ1) is 8.45. The lowest BCUT2D eigenvalue weighted by Crippen LogP contribution is -1.96. The summed E-state index contributed by atoms with van der Waals surface area (Å²) in [7, 11) is 0. The smallest absolute Gasteiger partial charge is 0.292 e. The lowest BCUT2D eigenvalue weighted by atomic mass is 9.92. The lowest BCUT2D eigenvalue weighted by Gasteiger charge is -2.13. The van der Waals surface area contributed by atoms with Crippen LogP contribution in [0.2, 0.25) is 0 Å². The van der Waals surface area contributed by atoms with E-state index in [1.165, 1.54) is 22.3 Å². The number of aromatic nitrogens is 1. The number of nitrogen functional groups attached to an aromatic ring is 1. The van der Waals surface area contributed by atoms with Gasteiger partial charge in [-0.15, -0.1) is 0 Å². The van der Waals surface area contributed by atoms with Crippen molar-refractivity contribution in [2.24, 2.45) is 0 Å². The molecule has 1 aromatic carbocycles. The molecule has 0 unspecified atom stereocenters. The number of nitrogens with zero attached hydrogens (tertiary/aromatic N) is 1. The van der Waals surface area contributed by atoms with Gasteiger partial charge < -0.3 is 10.2 Å². The quantitative estimate of drug-likeness (QED) is 0.876. The van der Waals surface area contributed by atoms with E-state index in [1.54, 1.807) is 0 Å². The van der Waals surface area contributed by atoms with Crippen LogP contribution >= 0.6 is 0 Å². The van der Waals surface area contributed by atoms with Crippen molar-refractivity contribution in [3.63, 3.8) is 0 Å². The van der Waals surface area contributed by atoms with Gasteiger partial charge in [-0.25, -0.2) is 0 Å². The van der Waals surface area contributed by atoms with Gasteiger partial charge in [-0.05, 0) is 56.4 Å². The van der Waals surface area contributed by atoms with E-state index in [9.17, 15) is 0 Å². The minimum absolute atomic E-state index is 0.250. The average Bonchev–Trinajstić information content (AvgIpc) is 2.68. The van der Waals surface area contributed by atoms with Gasteiger partial charge in [0.1, 0.15) is 0 Å². The van der Waals surface area contributed by atoms with E-state index in [1.807, 2.05) is 0 Å². The lowest BCUT2D eigenvalue weighted by molar-refractivity contribution is 0.592. The molecule has 0 atom stereocenters. The van der Waals surface area contributed by atoms with Crippen LogP contribution in [0.25, 0.3) is 11.3 Å². The first-order valence-corrected chi connectivity index (χ1v) is 6.28. The first-order valence-electron chi connectivity index (χ1n) is 6.28. The Labute approximate surface area is 108 Å². The molecule has 1 aromatic heterocycles. The third kappa shape index (κ3) is 1.90. The van der Waals surface area contributed by atoms with Crippen molar-refractivity contribution in [1.82, 2.24) is 4.98 Å². The number of aryl methyl sites for hydroxylation is 3. The third-order valence-electron chi connectivity index (χ3n) is 3.64. The number of hydrogen-bond donors (Lipinski definition) is 1. The van der Waals surface area contributed by atoms with Crippen molar-refractivity contribution in [2.75, 3.05) is 5.73 Å². The summed E-state index contributed by atoms with van der Waals surface area (Å²) in [5, 5.41) is 0. The van der Waals surface area contributed by atoms with Crippen LogP contribution in [0, 0.1) is 27.7 Å². The van der Waals surface area contributed by atoms with Gasteiger partial charge in [-0.2, -0.15) is 4.98 Å². The summed E-state index contributed by atoms with van der Waals surface area (Å²) in [5.74, 6) is 0.830. The number of benzene rings is 1. The van der Waals surface area contributed by atoms with E-state index in [0.29, 0.717) is 0 Å². The SMILES string of the molecule is CCc1nc(N)oc1-c1c(C)c(C)cc(C)c1C. The van der Waals surface area contributed by atoms with Gasteiger partial charge >= 0.3 is 0 Å². The number of oxazole rings is 1. The second-order valence-corrected chi connectivity index (χ2v) is 4.82. The Morgan fingerprint density at radius 3 is 2.17 bits per heavy atom. The zero-order valence-electron chi connectivity index (χ0n) is 11.7. The Bertz CT molecular complexity index is 571. The zero-order chi connectivity index (χ0) is 13.4. The molecule has 18 heavy (non-hydrogen) atoms. The fourth-order valence-electron chi connectivity index (χ4n) is 2.36. The highest BCUT2D eigenvalue weighted by Gasteiger charge is 2.18. The van der Waals surface area contributed by atoms with Crippen molar-refractivity contribution in [3.8, 4) is 11.3 Å². The minimum Gasteiger partial charge on any atom is -0.423 e. The highest BCUT2D eigenvalue weighted by molar-refractivity contribution is 5.71. The van der Waals surface area contributed by atoms with Crippen LogP contribution in [-0.4, -0.2) is 4.98 Å². The molecule has 0 fully saturated rings. The van der Waals surface area contributed by atoms with Crippen molar-refractivity contribution < 1.29 is 4.42 Å². The van der Waals surface area contributed by atoms with Gasteiger partial charge in [-0.1, -0.05) is 13.0 Å². The van der Waals surface area contributed by atoms with Crippen LogP contribution in [0.3, 0.4) is 0 Å². The summed E-state index contributed by atoms with van der Waals surface area (Å²) in [6, 6.07) is 2.46. The molecule has 0 bridgehead atoms. The Morgan fingerprint density at radius 1 is 1.11 bits per heavy atom. The predicted molar refractivity (Wildman–Crippen MR) is 74.7 cm³/mol. The van der Waals surface area contributed by atoms with E-state index >= 15 is 0 Å². The second-order valence-electron chi connectivity index (χ2n) is 4.82. The van der Waals surface area contributed by atoms with Gasteiger partial charge in [0.2, 0.25) is 0 Å². The van der Waals surface area contributed by atoms with Crippen LogP contribution < -0.4 is 5.73 Å². The summed E-state index contributed by atoms with van der Waals surface area (Å²) in [6.45, 7) is 10.5. The van der Waals surface area contributed by atoms with Crippen molar-refractivity contribution in [1.29, 1.82) is 0 Å². The van der Waals surface area contributed by atoms with Gasteiger partial charge in [0.05, 0.1) is 5.69 Å². The van der Waals surface area contributed by atoms with Crippen molar-refractivity contribution >= 4 is 6.01 Å². The molecule has 0 saturated heterocycles. The standard InChI is InChI=1S/C15H20N2O/c1-6-12-14(18-15(16)17-12)13-10(4)8(2)7-9(3)11(13)5/h7H,6H2,1-5H3,(H2,16,17). The Hall–Kier alpha value is -1.77. The molecule has 0 radical (unpaired) electrons. The number of anilines is 1. The van der Waals surface area contributed by atoms with E-state index in [-0.39, 0.29) is 6.01 Å². The molecular formula is C15H20N2O. The normalized spacial score (nSPS) is 10.9. The second kappa shape index (κ2) is 4.48. The van der Waals surface area contributed by atoms with E-state index < -0.39 is 0 Å². The molecule has 1 heterocycles. The fraction of sp³-hybridized carbons (Fsp3) is 0.400. The summed E-state index contributed by atoms with van der Waals surface area (Å²) < 4.78 is 5.63. The van der Waals surface area contributed by atoms with Crippen LogP contribution in [0.4, 0.5) is 6.01 Å². The highest BCUT2D eigenvalue weighted by Crippen LogP contribution is 2.34. The van der Waals surface area contributed by atoms with Crippen LogP contribution in [0.15, 0.2) is 10.5 Å². The molecular weight excluding hydrogens is 224 g/mol. The predicted octanol–water partition coefficient (Wildman–Crippen LogP) is 3.72.